The van der Waals surface area contributed by atoms with Gasteiger partial charge in [-0.2, -0.15) is 0 Å². The lowest BCUT2D eigenvalue weighted by Crippen LogP contribution is -3.12. The second-order valence-electron chi connectivity index (χ2n) is 4.94. The van der Waals surface area contributed by atoms with Crippen LogP contribution in [0, 0.1) is 0 Å². The van der Waals surface area contributed by atoms with Crippen molar-refractivity contribution in [3.05, 3.63) is 50.6 Å². The lowest BCUT2D eigenvalue weighted by Gasteiger charge is -2.20. The number of carbonyl (C=O) groups is 1. The molecule has 0 spiro atoms. The standard InChI is InChI=1S/C15H16Cl2N2OS/c1-10(19(2)9-12-4-3-7-21-12)15(20)18-14-8-11(16)5-6-13(14)17/h3-8,10H,9H2,1-2H3,(H,18,20)/p+1/t10-/m1/s1. The number of nitrogens with one attached hydrogen (secondary N) is 2. The van der Waals surface area contributed by atoms with Gasteiger partial charge in [-0.05, 0) is 36.6 Å². The molecule has 112 valence electrons. The first kappa shape index (κ1) is 16.3. The van der Waals surface area contributed by atoms with Crippen molar-refractivity contribution in [2.45, 2.75) is 19.5 Å². The minimum Gasteiger partial charge on any atom is -0.323 e. The van der Waals surface area contributed by atoms with Crippen LogP contribution in [-0.2, 0) is 11.3 Å². The number of amides is 1. The Morgan fingerprint density at radius 1 is 1.38 bits per heavy atom. The van der Waals surface area contributed by atoms with Gasteiger partial charge in [0, 0.05) is 5.02 Å². The monoisotopic (exact) mass is 343 g/mol. The van der Waals surface area contributed by atoms with Crippen LogP contribution in [0.4, 0.5) is 5.69 Å². The minimum absolute atomic E-state index is 0.0757. The molecule has 2 atom stereocenters. The Bertz CT molecular complexity index is 616. The first-order valence-corrected chi connectivity index (χ1v) is 8.21. The Hall–Kier alpha value is -1.07. The third-order valence-corrected chi connectivity index (χ3v) is 4.79. The van der Waals surface area contributed by atoms with Crippen LogP contribution in [0.15, 0.2) is 35.7 Å². The highest BCUT2D eigenvalue weighted by Crippen LogP contribution is 2.25. The van der Waals surface area contributed by atoms with Gasteiger partial charge >= 0.3 is 0 Å². The van der Waals surface area contributed by atoms with Gasteiger partial charge in [-0.25, -0.2) is 0 Å². The van der Waals surface area contributed by atoms with Crippen molar-refractivity contribution in [2.75, 3.05) is 12.4 Å². The predicted octanol–water partition coefficient (Wildman–Crippen LogP) is 3.10. The first-order chi connectivity index (χ1) is 9.97. The molecule has 0 radical (unpaired) electrons. The fraction of sp³-hybridized carbons (Fsp3) is 0.267. The molecule has 0 saturated heterocycles. The maximum atomic E-state index is 12.3. The molecule has 0 bridgehead atoms. The largest absolute Gasteiger partial charge is 0.323 e. The fourth-order valence-electron chi connectivity index (χ4n) is 1.90. The van der Waals surface area contributed by atoms with Gasteiger partial charge in [-0.3, -0.25) is 4.79 Å². The molecule has 1 aromatic carbocycles. The predicted molar refractivity (Wildman–Crippen MR) is 89.5 cm³/mol. The van der Waals surface area contributed by atoms with E-state index in [0.717, 1.165) is 11.4 Å². The zero-order chi connectivity index (χ0) is 15.4. The molecule has 6 heteroatoms. The number of hydrogen-bond acceptors (Lipinski definition) is 2. The average Bonchev–Trinajstić information content (AvgIpc) is 2.94. The van der Waals surface area contributed by atoms with Gasteiger partial charge in [0.1, 0.15) is 6.54 Å². The summed E-state index contributed by atoms with van der Waals surface area (Å²) in [6.07, 6.45) is 0. The van der Waals surface area contributed by atoms with Crippen molar-refractivity contribution in [3.63, 3.8) is 0 Å². The summed E-state index contributed by atoms with van der Waals surface area (Å²) in [7, 11) is 2.00. The molecule has 1 unspecified atom stereocenters. The van der Waals surface area contributed by atoms with Gasteiger partial charge in [0.05, 0.1) is 22.6 Å². The second-order valence-corrected chi connectivity index (χ2v) is 6.81. The number of likely N-dealkylation sites (N-methyl/N-ethyl adjacent to an activating group) is 1. The van der Waals surface area contributed by atoms with Gasteiger partial charge in [-0.15, -0.1) is 11.3 Å². The highest BCUT2D eigenvalue weighted by molar-refractivity contribution is 7.09. The zero-order valence-electron chi connectivity index (χ0n) is 11.8. The van der Waals surface area contributed by atoms with E-state index in [1.807, 2.05) is 25.4 Å². The van der Waals surface area contributed by atoms with Gasteiger partial charge in [0.25, 0.3) is 5.91 Å². The van der Waals surface area contributed by atoms with E-state index in [0.29, 0.717) is 15.7 Å². The van der Waals surface area contributed by atoms with Gasteiger partial charge < -0.3 is 10.2 Å². The quantitative estimate of drug-likeness (QED) is 0.859. The Labute approximate surface area is 138 Å². The molecule has 2 rings (SSSR count). The van der Waals surface area contributed by atoms with Crippen molar-refractivity contribution < 1.29 is 9.69 Å². The van der Waals surface area contributed by atoms with Crippen LogP contribution in [-0.4, -0.2) is 19.0 Å². The Kier molecular flexibility index (Phi) is 5.65. The molecule has 0 aliphatic heterocycles. The zero-order valence-corrected chi connectivity index (χ0v) is 14.1. The van der Waals surface area contributed by atoms with E-state index in [2.05, 4.69) is 11.4 Å². The SMILES string of the molecule is C[C@H](C(=O)Nc1cc(Cl)ccc1Cl)[NH+](C)Cc1cccs1. The van der Waals surface area contributed by atoms with E-state index in [-0.39, 0.29) is 11.9 Å². The molecule has 2 N–H and O–H groups in total. The normalized spacial score (nSPS) is 13.7. The molecule has 0 aliphatic rings. The van der Waals surface area contributed by atoms with Crippen molar-refractivity contribution >= 4 is 46.1 Å². The molecule has 1 amide bonds. The van der Waals surface area contributed by atoms with E-state index >= 15 is 0 Å². The molecular formula is C15H17Cl2N2OS+. The lowest BCUT2D eigenvalue weighted by molar-refractivity contribution is -0.907. The smallest absolute Gasteiger partial charge is 0.282 e. The van der Waals surface area contributed by atoms with Crippen LogP contribution in [0.3, 0.4) is 0 Å². The number of rotatable bonds is 5. The van der Waals surface area contributed by atoms with Gasteiger partial charge in [0.15, 0.2) is 6.04 Å². The number of carbonyl (C=O) groups excluding carboxylic acids is 1. The number of hydrogen-bond donors (Lipinski definition) is 2. The van der Waals surface area contributed by atoms with Gasteiger partial charge in [-0.1, -0.05) is 29.3 Å². The fourth-order valence-corrected chi connectivity index (χ4v) is 3.04. The first-order valence-electron chi connectivity index (χ1n) is 6.58. The highest BCUT2D eigenvalue weighted by Gasteiger charge is 2.23. The molecule has 1 aromatic heterocycles. The summed E-state index contributed by atoms with van der Waals surface area (Å²) in [6, 6.07) is 8.92. The number of thiophene rings is 1. The van der Waals surface area contributed by atoms with E-state index in [9.17, 15) is 4.79 Å². The van der Waals surface area contributed by atoms with E-state index in [1.54, 1.807) is 29.5 Å². The topological polar surface area (TPSA) is 33.5 Å². The molecule has 0 saturated carbocycles. The summed E-state index contributed by atoms with van der Waals surface area (Å²) >= 11 is 13.7. The maximum Gasteiger partial charge on any atom is 0.282 e. The summed E-state index contributed by atoms with van der Waals surface area (Å²) < 4.78 is 0. The third-order valence-electron chi connectivity index (χ3n) is 3.35. The van der Waals surface area contributed by atoms with Crippen molar-refractivity contribution in [1.29, 1.82) is 0 Å². The summed E-state index contributed by atoms with van der Waals surface area (Å²) in [4.78, 5) is 14.7. The van der Waals surface area contributed by atoms with Crippen molar-refractivity contribution in [1.82, 2.24) is 0 Å². The average molecular weight is 344 g/mol. The summed E-state index contributed by atoms with van der Waals surface area (Å²) in [5.74, 6) is -0.0757. The summed E-state index contributed by atoms with van der Waals surface area (Å²) in [6.45, 7) is 2.71. The second kappa shape index (κ2) is 7.27. The maximum absolute atomic E-state index is 12.3. The van der Waals surface area contributed by atoms with Crippen molar-refractivity contribution in [3.8, 4) is 0 Å². The van der Waals surface area contributed by atoms with E-state index < -0.39 is 0 Å². The third kappa shape index (κ3) is 4.45. The van der Waals surface area contributed by atoms with Crippen LogP contribution in [0.1, 0.15) is 11.8 Å². The lowest BCUT2D eigenvalue weighted by atomic mass is 10.2. The van der Waals surface area contributed by atoms with E-state index in [4.69, 9.17) is 23.2 Å². The molecular weight excluding hydrogens is 327 g/mol. The highest BCUT2D eigenvalue weighted by atomic mass is 35.5. The number of quaternary nitrogens is 1. The van der Waals surface area contributed by atoms with Crippen LogP contribution in [0.5, 0.6) is 0 Å². The molecule has 21 heavy (non-hydrogen) atoms. The molecule has 3 nitrogen and oxygen atoms in total. The molecule has 2 aromatic rings. The van der Waals surface area contributed by atoms with Crippen LogP contribution >= 0.6 is 34.5 Å². The number of halogens is 2. The Morgan fingerprint density at radius 2 is 2.14 bits per heavy atom. The summed E-state index contributed by atoms with van der Waals surface area (Å²) in [5.41, 5.74) is 0.546. The minimum atomic E-state index is -0.192. The van der Waals surface area contributed by atoms with Crippen molar-refractivity contribution in [2.24, 2.45) is 0 Å². The van der Waals surface area contributed by atoms with Crippen LogP contribution < -0.4 is 10.2 Å². The van der Waals surface area contributed by atoms with Gasteiger partial charge in [0.2, 0.25) is 0 Å². The molecule has 0 aliphatic carbocycles. The Balaban J connectivity index is 2.00. The number of anilines is 1. The molecule has 1 heterocycles. The van der Waals surface area contributed by atoms with Crippen LogP contribution in [0.25, 0.3) is 0 Å². The molecule has 0 fully saturated rings. The van der Waals surface area contributed by atoms with Crippen LogP contribution in [0.2, 0.25) is 10.0 Å². The summed E-state index contributed by atoms with van der Waals surface area (Å²) in [5, 5.41) is 5.90. The van der Waals surface area contributed by atoms with E-state index in [1.165, 1.54) is 4.88 Å². The Morgan fingerprint density at radius 3 is 2.81 bits per heavy atom. The number of benzene rings is 1.